The van der Waals surface area contributed by atoms with Gasteiger partial charge in [-0.15, -0.1) is 0 Å². The first-order valence-electron chi connectivity index (χ1n) is 8.99. The summed E-state index contributed by atoms with van der Waals surface area (Å²) in [5, 5.41) is 0.482. The summed E-state index contributed by atoms with van der Waals surface area (Å²) in [7, 11) is 1.47. The van der Waals surface area contributed by atoms with E-state index in [1.165, 1.54) is 7.11 Å². The van der Waals surface area contributed by atoms with E-state index in [1.54, 1.807) is 6.07 Å². The SMILES string of the molecule is CCCOC(=O)c1c(OC)n(Cc2ccccc2)c2ccc(C)cc2c1=O. The van der Waals surface area contributed by atoms with Crippen molar-refractivity contribution in [1.29, 1.82) is 0 Å². The van der Waals surface area contributed by atoms with Crippen LogP contribution in [0.1, 0.15) is 34.8 Å². The monoisotopic (exact) mass is 365 g/mol. The number of fused-ring (bicyclic) bond motifs is 1. The number of rotatable bonds is 6. The highest BCUT2D eigenvalue weighted by Crippen LogP contribution is 2.25. The molecule has 0 saturated carbocycles. The van der Waals surface area contributed by atoms with E-state index >= 15 is 0 Å². The van der Waals surface area contributed by atoms with Gasteiger partial charge in [0.15, 0.2) is 5.56 Å². The lowest BCUT2D eigenvalue weighted by Gasteiger charge is -2.19. The molecule has 0 aliphatic heterocycles. The summed E-state index contributed by atoms with van der Waals surface area (Å²) in [6.07, 6.45) is 0.680. The first-order valence-corrected chi connectivity index (χ1v) is 8.99. The van der Waals surface area contributed by atoms with Crippen LogP contribution in [0.15, 0.2) is 53.3 Å². The van der Waals surface area contributed by atoms with Crippen molar-refractivity contribution in [3.05, 3.63) is 75.4 Å². The summed E-state index contributed by atoms with van der Waals surface area (Å²) in [6, 6.07) is 15.5. The summed E-state index contributed by atoms with van der Waals surface area (Å²) in [5.41, 5.74) is 2.28. The summed E-state index contributed by atoms with van der Waals surface area (Å²) in [6.45, 7) is 4.55. The molecule has 0 unspecified atom stereocenters. The third kappa shape index (κ3) is 3.72. The van der Waals surface area contributed by atoms with Crippen molar-refractivity contribution in [2.24, 2.45) is 0 Å². The van der Waals surface area contributed by atoms with Gasteiger partial charge >= 0.3 is 5.97 Å². The number of methoxy groups -OCH3 is 1. The summed E-state index contributed by atoms with van der Waals surface area (Å²) in [5.74, 6) is -0.426. The molecule has 0 atom stereocenters. The average molecular weight is 365 g/mol. The van der Waals surface area contributed by atoms with Gasteiger partial charge < -0.3 is 14.0 Å². The van der Waals surface area contributed by atoms with Crippen LogP contribution in [0.3, 0.4) is 0 Å². The van der Waals surface area contributed by atoms with Gasteiger partial charge in [-0.2, -0.15) is 0 Å². The Morgan fingerprint density at radius 3 is 2.52 bits per heavy atom. The Morgan fingerprint density at radius 1 is 1.11 bits per heavy atom. The average Bonchev–Trinajstić information content (AvgIpc) is 2.68. The molecule has 0 radical (unpaired) electrons. The molecule has 0 fully saturated rings. The van der Waals surface area contributed by atoms with Gasteiger partial charge in [-0.1, -0.05) is 48.9 Å². The predicted octanol–water partition coefficient (Wildman–Crippen LogP) is 3.93. The highest BCUT2D eigenvalue weighted by Gasteiger charge is 2.24. The van der Waals surface area contributed by atoms with E-state index in [-0.39, 0.29) is 23.5 Å². The van der Waals surface area contributed by atoms with Crippen LogP contribution in [-0.2, 0) is 11.3 Å². The maximum atomic E-state index is 13.1. The second-order valence-corrected chi connectivity index (χ2v) is 6.44. The van der Waals surface area contributed by atoms with E-state index in [4.69, 9.17) is 9.47 Å². The first-order chi connectivity index (χ1) is 13.1. The molecule has 140 valence electrons. The van der Waals surface area contributed by atoms with Crippen LogP contribution in [0.5, 0.6) is 5.88 Å². The largest absolute Gasteiger partial charge is 0.481 e. The molecule has 5 nitrogen and oxygen atoms in total. The molecule has 27 heavy (non-hydrogen) atoms. The van der Waals surface area contributed by atoms with Gasteiger partial charge in [0, 0.05) is 5.39 Å². The van der Waals surface area contributed by atoms with Crippen LogP contribution in [0.25, 0.3) is 10.9 Å². The first kappa shape index (κ1) is 18.7. The van der Waals surface area contributed by atoms with Crippen LogP contribution in [0, 0.1) is 6.92 Å². The van der Waals surface area contributed by atoms with Gasteiger partial charge in [0.25, 0.3) is 0 Å². The van der Waals surface area contributed by atoms with Crippen LogP contribution >= 0.6 is 0 Å². The van der Waals surface area contributed by atoms with Crippen molar-refractivity contribution < 1.29 is 14.3 Å². The lowest BCUT2D eigenvalue weighted by atomic mass is 10.1. The Bertz CT molecular complexity index is 1020. The van der Waals surface area contributed by atoms with E-state index in [9.17, 15) is 9.59 Å². The van der Waals surface area contributed by atoms with Gasteiger partial charge in [-0.05, 0) is 31.0 Å². The third-order valence-corrected chi connectivity index (χ3v) is 4.39. The lowest BCUT2D eigenvalue weighted by Crippen LogP contribution is -2.24. The van der Waals surface area contributed by atoms with Crippen LogP contribution in [-0.4, -0.2) is 24.3 Å². The van der Waals surface area contributed by atoms with Gasteiger partial charge in [-0.3, -0.25) is 4.79 Å². The Morgan fingerprint density at radius 2 is 1.85 bits per heavy atom. The van der Waals surface area contributed by atoms with Crippen molar-refractivity contribution in [3.63, 3.8) is 0 Å². The van der Waals surface area contributed by atoms with Crippen molar-refractivity contribution in [3.8, 4) is 5.88 Å². The van der Waals surface area contributed by atoms with Crippen molar-refractivity contribution in [1.82, 2.24) is 4.57 Å². The number of ether oxygens (including phenoxy) is 2. The summed E-state index contributed by atoms with van der Waals surface area (Å²) in [4.78, 5) is 25.7. The van der Waals surface area contributed by atoms with E-state index in [1.807, 2.05) is 60.9 Å². The highest BCUT2D eigenvalue weighted by atomic mass is 16.5. The van der Waals surface area contributed by atoms with Crippen molar-refractivity contribution >= 4 is 16.9 Å². The van der Waals surface area contributed by atoms with Gasteiger partial charge in [0.05, 0.1) is 25.8 Å². The molecule has 0 N–H and O–H groups in total. The molecule has 3 rings (SSSR count). The summed E-state index contributed by atoms with van der Waals surface area (Å²) >= 11 is 0. The molecule has 0 spiro atoms. The van der Waals surface area contributed by atoms with E-state index in [2.05, 4.69) is 0 Å². The smallest absolute Gasteiger partial charge is 0.347 e. The van der Waals surface area contributed by atoms with E-state index in [0.29, 0.717) is 18.4 Å². The Labute approximate surface area is 158 Å². The molecule has 0 aliphatic rings. The molecule has 3 aromatic rings. The minimum atomic E-state index is -0.649. The van der Waals surface area contributed by atoms with Gasteiger partial charge in [0.2, 0.25) is 11.3 Å². The minimum absolute atomic E-state index is 0.0556. The fraction of sp³-hybridized carbons (Fsp3) is 0.273. The fourth-order valence-electron chi connectivity index (χ4n) is 3.13. The minimum Gasteiger partial charge on any atom is -0.481 e. The molecule has 0 aliphatic carbocycles. The standard InChI is InChI=1S/C22H23NO4/c1-4-12-27-22(25)19-20(24)17-13-15(2)10-11-18(17)23(21(19)26-3)14-16-8-6-5-7-9-16/h5-11,13H,4,12,14H2,1-3H3. The lowest BCUT2D eigenvalue weighted by molar-refractivity contribution is 0.0498. The molecule has 1 heterocycles. The van der Waals surface area contributed by atoms with E-state index < -0.39 is 5.97 Å². The quantitative estimate of drug-likeness (QED) is 0.621. The number of benzene rings is 2. The zero-order valence-corrected chi connectivity index (χ0v) is 15.8. The fourth-order valence-corrected chi connectivity index (χ4v) is 3.13. The maximum Gasteiger partial charge on any atom is 0.347 e. The Kier molecular flexibility index (Phi) is 5.60. The molecule has 2 aromatic carbocycles. The normalized spacial score (nSPS) is 10.8. The van der Waals surface area contributed by atoms with Gasteiger partial charge in [-0.25, -0.2) is 4.79 Å². The number of hydrogen-bond acceptors (Lipinski definition) is 4. The molecule has 0 amide bonds. The van der Waals surface area contributed by atoms with Crippen LogP contribution in [0.4, 0.5) is 0 Å². The molecular formula is C22H23NO4. The molecule has 0 saturated heterocycles. The predicted molar refractivity (Wildman–Crippen MR) is 106 cm³/mol. The number of aryl methyl sites for hydroxylation is 1. The molecule has 0 bridgehead atoms. The number of hydrogen-bond donors (Lipinski definition) is 0. The zero-order valence-electron chi connectivity index (χ0n) is 15.8. The number of carbonyl (C=O) groups is 1. The number of carbonyl (C=O) groups excluding carboxylic acids is 1. The van der Waals surface area contributed by atoms with Crippen molar-refractivity contribution in [2.75, 3.05) is 13.7 Å². The maximum absolute atomic E-state index is 13.1. The molecular weight excluding hydrogens is 342 g/mol. The zero-order chi connectivity index (χ0) is 19.4. The number of nitrogens with zero attached hydrogens (tertiary/aromatic N) is 1. The second kappa shape index (κ2) is 8.08. The van der Waals surface area contributed by atoms with Crippen molar-refractivity contribution in [2.45, 2.75) is 26.8 Å². The Balaban J connectivity index is 2.29. The number of aromatic nitrogens is 1. The second-order valence-electron chi connectivity index (χ2n) is 6.44. The topological polar surface area (TPSA) is 57.5 Å². The molecule has 5 heteroatoms. The molecule has 1 aromatic heterocycles. The highest BCUT2D eigenvalue weighted by molar-refractivity contribution is 5.96. The van der Waals surface area contributed by atoms with Crippen LogP contribution < -0.4 is 10.2 Å². The third-order valence-electron chi connectivity index (χ3n) is 4.39. The van der Waals surface area contributed by atoms with E-state index in [0.717, 1.165) is 16.6 Å². The number of esters is 1. The summed E-state index contributed by atoms with van der Waals surface area (Å²) < 4.78 is 12.6. The number of pyridine rings is 1. The Hall–Kier alpha value is -3.08. The van der Waals surface area contributed by atoms with Crippen LogP contribution in [0.2, 0.25) is 0 Å². The van der Waals surface area contributed by atoms with Gasteiger partial charge in [0.1, 0.15) is 0 Å².